The van der Waals surface area contributed by atoms with E-state index in [1.165, 1.54) is 15.6 Å². The maximum atomic E-state index is 4.46. The zero-order chi connectivity index (χ0) is 15.5. The number of pyridine rings is 1. The van der Waals surface area contributed by atoms with E-state index in [1.807, 2.05) is 24.9 Å². The Labute approximate surface area is 139 Å². The van der Waals surface area contributed by atoms with E-state index in [4.69, 9.17) is 0 Å². The lowest BCUT2D eigenvalue weighted by Crippen LogP contribution is -2.19. The molecule has 2 heterocycles. The average Bonchev–Trinajstić information content (AvgIpc) is 3.00. The van der Waals surface area contributed by atoms with E-state index in [0.717, 1.165) is 6.54 Å². The fourth-order valence-corrected chi connectivity index (χ4v) is 4.05. The van der Waals surface area contributed by atoms with Crippen LogP contribution in [0.4, 0.5) is 0 Å². The van der Waals surface area contributed by atoms with E-state index >= 15 is 0 Å². The predicted octanol–water partition coefficient (Wildman–Crippen LogP) is 4.53. The molecular formula is C18H20BrN3. The second kappa shape index (κ2) is 6.61. The molecule has 0 fully saturated rings. The SMILES string of the molecule is CC(C)C1C(Br)=CC=CC1c1cncc(Cn2ccnc2)c1. The Kier molecular flexibility index (Phi) is 4.57. The summed E-state index contributed by atoms with van der Waals surface area (Å²) < 4.78 is 3.34. The summed E-state index contributed by atoms with van der Waals surface area (Å²) in [6, 6.07) is 2.27. The molecule has 0 spiro atoms. The molecule has 0 saturated heterocycles. The summed E-state index contributed by atoms with van der Waals surface area (Å²) in [4.78, 5) is 8.55. The highest BCUT2D eigenvalue weighted by Gasteiger charge is 2.28. The van der Waals surface area contributed by atoms with Crippen LogP contribution < -0.4 is 0 Å². The first kappa shape index (κ1) is 15.2. The van der Waals surface area contributed by atoms with Crippen molar-refractivity contribution in [3.05, 3.63) is 71.0 Å². The molecule has 1 aliphatic rings. The maximum absolute atomic E-state index is 4.46. The second-order valence-corrected chi connectivity index (χ2v) is 7.01. The topological polar surface area (TPSA) is 30.7 Å². The monoisotopic (exact) mass is 357 g/mol. The lowest BCUT2D eigenvalue weighted by atomic mass is 9.77. The van der Waals surface area contributed by atoms with E-state index in [1.54, 1.807) is 6.20 Å². The van der Waals surface area contributed by atoms with Gasteiger partial charge in [0.25, 0.3) is 0 Å². The van der Waals surface area contributed by atoms with Crippen LogP contribution >= 0.6 is 15.9 Å². The van der Waals surface area contributed by atoms with Crippen LogP contribution in [0.25, 0.3) is 0 Å². The molecule has 0 N–H and O–H groups in total. The van der Waals surface area contributed by atoms with Gasteiger partial charge in [0, 0.05) is 36.6 Å². The van der Waals surface area contributed by atoms with Crippen molar-refractivity contribution in [2.45, 2.75) is 26.3 Å². The molecule has 2 atom stereocenters. The molecule has 2 aromatic rings. The van der Waals surface area contributed by atoms with E-state index in [0.29, 0.717) is 17.8 Å². The standard InChI is InChI=1S/C18H20BrN3/c1-13(2)18-16(4-3-5-17(18)19)15-8-14(9-21-10-15)11-22-7-6-20-12-22/h3-10,12-13,16,18H,11H2,1-2H3. The van der Waals surface area contributed by atoms with E-state index in [9.17, 15) is 0 Å². The highest BCUT2D eigenvalue weighted by Crippen LogP contribution is 2.41. The second-order valence-electron chi connectivity index (χ2n) is 6.09. The number of nitrogens with zero attached hydrogens (tertiary/aromatic N) is 3. The van der Waals surface area contributed by atoms with Crippen molar-refractivity contribution in [3.8, 4) is 0 Å². The summed E-state index contributed by atoms with van der Waals surface area (Å²) in [5.41, 5.74) is 2.48. The van der Waals surface area contributed by atoms with Gasteiger partial charge < -0.3 is 4.57 Å². The Morgan fingerprint density at radius 3 is 2.86 bits per heavy atom. The minimum atomic E-state index is 0.370. The zero-order valence-corrected chi connectivity index (χ0v) is 14.4. The maximum Gasteiger partial charge on any atom is 0.0949 e. The van der Waals surface area contributed by atoms with Crippen LogP contribution in [0.2, 0.25) is 0 Å². The molecule has 4 heteroatoms. The van der Waals surface area contributed by atoms with Gasteiger partial charge in [-0.05, 0) is 21.5 Å². The highest BCUT2D eigenvalue weighted by atomic mass is 79.9. The third kappa shape index (κ3) is 3.22. The average molecular weight is 358 g/mol. The van der Waals surface area contributed by atoms with Crippen molar-refractivity contribution in [2.75, 3.05) is 0 Å². The Morgan fingerprint density at radius 2 is 2.14 bits per heavy atom. The van der Waals surface area contributed by atoms with Crippen LogP contribution in [-0.2, 0) is 6.54 Å². The fraction of sp³-hybridized carbons (Fsp3) is 0.333. The summed E-state index contributed by atoms with van der Waals surface area (Å²) in [6.07, 6.45) is 16.1. The number of hydrogen-bond acceptors (Lipinski definition) is 2. The van der Waals surface area contributed by atoms with Crippen molar-refractivity contribution in [1.29, 1.82) is 0 Å². The minimum Gasteiger partial charge on any atom is -0.333 e. The van der Waals surface area contributed by atoms with Gasteiger partial charge in [-0.3, -0.25) is 4.98 Å². The molecular weight excluding hydrogens is 338 g/mol. The molecule has 1 aliphatic carbocycles. The first-order chi connectivity index (χ1) is 10.6. The molecule has 22 heavy (non-hydrogen) atoms. The van der Waals surface area contributed by atoms with E-state index in [-0.39, 0.29) is 0 Å². The molecule has 3 rings (SSSR count). The van der Waals surface area contributed by atoms with Crippen LogP contribution in [0.3, 0.4) is 0 Å². The number of allylic oxidation sites excluding steroid dienone is 4. The van der Waals surface area contributed by atoms with Crippen LogP contribution in [0.15, 0.2) is 59.9 Å². The van der Waals surface area contributed by atoms with E-state index < -0.39 is 0 Å². The summed E-state index contributed by atoms with van der Waals surface area (Å²) in [7, 11) is 0. The normalized spacial score (nSPS) is 21.2. The lowest BCUT2D eigenvalue weighted by molar-refractivity contribution is 0.419. The lowest BCUT2D eigenvalue weighted by Gasteiger charge is -2.30. The molecule has 0 amide bonds. The number of halogens is 1. The van der Waals surface area contributed by atoms with Crippen molar-refractivity contribution in [3.63, 3.8) is 0 Å². The van der Waals surface area contributed by atoms with Gasteiger partial charge in [0.15, 0.2) is 0 Å². The Morgan fingerprint density at radius 1 is 1.27 bits per heavy atom. The Bertz CT molecular complexity index is 686. The quantitative estimate of drug-likeness (QED) is 0.804. The summed E-state index contributed by atoms with van der Waals surface area (Å²) in [6.45, 7) is 5.35. The van der Waals surface area contributed by atoms with Crippen molar-refractivity contribution in [2.24, 2.45) is 11.8 Å². The van der Waals surface area contributed by atoms with Crippen LogP contribution in [-0.4, -0.2) is 14.5 Å². The molecule has 0 aromatic carbocycles. The van der Waals surface area contributed by atoms with Gasteiger partial charge in [-0.25, -0.2) is 4.98 Å². The molecule has 0 saturated carbocycles. The first-order valence-corrected chi connectivity index (χ1v) is 8.38. The number of hydrogen-bond donors (Lipinski definition) is 0. The largest absolute Gasteiger partial charge is 0.333 e. The Hall–Kier alpha value is -1.68. The van der Waals surface area contributed by atoms with E-state index in [2.05, 4.69) is 68.6 Å². The van der Waals surface area contributed by atoms with Crippen LogP contribution in [0, 0.1) is 11.8 Å². The molecule has 3 nitrogen and oxygen atoms in total. The number of imidazole rings is 1. The fourth-order valence-electron chi connectivity index (χ4n) is 3.09. The number of rotatable bonds is 4. The van der Waals surface area contributed by atoms with Crippen molar-refractivity contribution in [1.82, 2.24) is 14.5 Å². The zero-order valence-electron chi connectivity index (χ0n) is 12.9. The first-order valence-electron chi connectivity index (χ1n) is 7.58. The molecule has 0 bridgehead atoms. The van der Waals surface area contributed by atoms with Crippen molar-refractivity contribution < 1.29 is 0 Å². The third-order valence-corrected chi connectivity index (χ3v) is 4.92. The summed E-state index contributed by atoms with van der Waals surface area (Å²) >= 11 is 3.74. The van der Waals surface area contributed by atoms with Crippen LogP contribution in [0.5, 0.6) is 0 Å². The van der Waals surface area contributed by atoms with Gasteiger partial charge in [0.05, 0.1) is 12.9 Å². The number of aromatic nitrogens is 3. The third-order valence-electron chi connectivity index (χ3n) is 4.12. The van der Waals surface area contributed by atoms with Gasteiger partial charge in [-0.2, -0.15) is 0 Å². The van der Waals surface area contributed by atoms with Gasteiger partial charge in [0.2, 0.25) is 0 Å². The minimum absolute atomic E-state index is 0.370. The molecule has 0 radical (unpaired) electrons. The summed E-state index contributed by atoms with van der Waals surface area (Å²) in [5.74, 6) is 1.41. The molecule has 2 aromatic heterocycles. The van der Waals surface area contributed by atoms with Crippen LogP contribution in [0.1, 0.15) is 30.9 Å². The highest BCUT2D eigenvalue weighted by molar-refractivity contribution is 9.11. The molecule has 0 aliphatic heterocycles. The van der Waals surface area contributed by atoms with Gasteiger partial charge in [-0.15, -0.1) is 0 Å². The Balaban J connectivity index is 1.88. The van der Waals surface area contributed by atoms with Gasteiger partial charge >= 0.3 is 0 Å². The molecule has 114 valence electrons. The molecule has 2 unspecified atom stereocenters. The van der Waals surface area contributed by atoms with Gasteiger partial charge in [0.1, 0.15) is 0 Å². The summed E-state index contributed by atoms with van der Waals surface area (Å²) in [5, 5.41) is 0. The van der Waals surface area contributed by atoms with Gasteiger partial charge in [-0.1, -0.05) is 54.1 Å². The van der Waals surface area contributed by atoms with Crippen molar-refractivity contribution >= 4 is 15.9 Å². The smallest absolute Gasteiger partial charge is 0.0949 e. The predicted molar refractivity (Wildman–Crippen MR) is 92.8 cm³/mol.